The standard InChI is InChI=1S/C24H25ClN4O3S/c1-32-24(31)21-20(27-22(30)15-6-7-15)17-9-8-16(26-23(17)33-21)14-28-10-12-29(13-11-28)19-5-3-2-4-18(19)25/h2-5,8-9,15H,6-7,10-14H2,1H3,(H,27,30). The van der Waals surface area contributed by atoms with Gasteiger partial charge in [0.15, 0.2) is 0 Å². The highest BCUT2D eigenvalue weighted by Crippen LogP contribution is 2.38. The quantitative estimate of drug-likeness (QED) is 0.522. The lowest BCUT2D eigenvalue weighted by Gasteiger charge is -2.36. The number of aromatic nitrogens is 1. The summed E-state index contributed by atoms with van der Waals surface area (Å²) in [4.78, 5) is 35.3. The number of anilines is 2. The maximum Gasteiger partial charge on any atom is 0.350 e. The highest BCUT2D eigenvalue weighted by atomic mass is 35.5. The molecule has 0 atom stereocenters. The van der Waals surface area contributed by atoms with Crippen molar-refractivity contribution < 1.29 is 14.3 Å². The van der Waals surface area contributed by atoms with E-state index in [1.807, 2.05) is 30.3 Å². The molecule has 2 aromatic heterocycles. The number of fused-ring (bicyclic) bond motifs is 1. The van der Waals surface area contributed by atoms with Gasteiger partial charge in [0.1, 0.15) is 9.71 Å². The van der Waals surface area contributed by atoms with Crippen LogP contribution in [0, 0.1) is 5.92 Å². The van der Waals surface area contributed by atoms with Gasteiger partial charge < -0.3 is 15.0 Å². The molecule has 1 saturated carbocycles. The summed E-state index contributed by atoms with van der Waals surface area (Å²) in [5.41, 5.74) is 2.53. The van der Waals surface area contributed by atoms with Crippen molar-refractivity contribution >= 4 is 56.4 Å². The van der Waals surface area contributed by atoms with Gasteiger partial charge in [-0.2, -0.15) is 0 Å². The number of para-hydroxylation sites is 1. The second-order valence-electron chi connectivity index (χ2n) is 8.43. The third kappa shape index (κ3) is 4.69. The lowest BCUT2D eigenvalue weighted by molar-refractivity contribution is -0.117. The third-order valence-electron chi connectivity index (χ3n) is 6.13. The third-order valence-corrected chi connectivity index (χ3v) is 7.53. The van der Waals surface area contributed by atoms with Gasteiger partial charge in [0.05, 0.1) is 29.2 Å². The van der Waals surface area contributed by atoms with Crippen molar-refractivity contribution in [3.63, 3.8) is 0 Å². The van der Waals surface area contributed by atoms with E-state index in [9.17, 15) is 9.59 Å². The molecule has 1 N–H and O–H groups in total. The average Bonchev–Trinajstić information content (AvgIpc) is 3.62. The van der Waals surface area contributed by atoms with Gasteiger partial charge in [-0.3, -0.25) is 9.69 Å². The van der Waals surface area contributed by atoms with Crippen molar-refractivity contribution in [1.82, 2.24) is 9.88 Å². The van der Waals surface area contributed by atoms with E-state index < -0.39 is 5.97 Å². The summed E-state index contributed by atoms with van der Waals surface area (Å²) in [6.07, 6.45) is 1.79. The molecule has 0 unspecified atom stereocenters. The molecule has 1 aliphatic carbocycles. The number of benzene rings is 1. The lowest BCUT2D eigenvalue weighted by atomic mass is 10.2. The maximum atomic E-state index is 12.4. The number of halogens is 1. The highest BCUT2D eigenvalue weighted by molar-refractivity contribution is 7.21. The van der Waals surface area contributed by atoms with Crippen LogP contribution >= 0.6 is 22.9 Å². The van der Waals surface area contributed by atoms with E-state index in [0.717, 1.165) is 72.2 Å². The van der Waals surface area contributed by atoms with Crippen LogP contribution in [0.3, 0.4) is 0 Å². The van der Waals surface area contributed by atoms with E-state index in [-0.39, 0.29) is 11.8 Å². The molecular formula is C24H25ClN4O3S. The number of hydrogen-bond donors (Lipinski definition) is 1. The molecule has 3 heterocycles. The first-order valence-electron chi connectivity index (χ1n) is 11.1. The van der Waals surface area contributed by atoms with Crippen molar-refractivity contribution in [1.29, 1.82) is 0 Å². The largest absolute Gasteiger partial charge is 0.465 e. The summed E-state index contributed by atoms with van der Waals surface area (Å²) in [5, 5.41) is 4.50. The van der Waals surface area contributed by atoms with Gasteiger partial charge >= 0.3 is 5.97 Å². The van der Waals surface area contributed by atoms with Crippen LogP contribution < -0.4 is 10.2 Å². The minimum Gasteiger partial charge on any atom is -0.465 e. The monoisotopic (exact) mass is 484 g/mol. The molecule has 1 aliphatic heterocycles. The van der Waals surface area contributed by atoms with E-state index in [1.54, 1.807) is 0 Å². The summed E-state index contributed by atoms with van der Waals surface area (Å²) in [6, 6.07) is 11.9. The molecule has 9 heteroatoms. The molecule has 1 amide bonds. The lowest BCUT2D eigenvalue weighted by Crippen LogP contribution is -2.46. The fraction of sp³-hybridized carbons (Fsp3) is 0.375. The van der Waals surface area contributed by atoms with Gasteiger partial charge in [-0.1, -0.05) is 23.7 Å². The van der Waals surface area contributed by atoms with Crippen LogP contribution in [-0.4, -0.2) is 55.0 Å². The Labute approximate surface area is 201 Å². The number of carbonyl (C=O) groups excluding carboxylic acids is 2. The first-order chi connectivity index (χ1) is 16.0. The van der Waals surface area contributed by atoms with E-state index in [0.29, 0.717) is 10.6 Å². The van der Waals surface area contributed by atoms with Gasteiger partial charge in [0.2, 0.25) is 5.91 Å². The zero-order chi connectivity index (χ0) is 22.9. The zero-order valence-electron chi connectivity index (χ0n) is 18.3. The average molecular weight is 485 g/mol. The first kappa shape index (κ1) is 22.1. The van der Waals surface area contributed by atoms with Gasteiger partial charge in [-0.25, -0.2) is 9.78 Å². The molecular weight excluding hydrogens is 460 g/mol. The molecule has 172 valence electrons. The number of piperazine rings is 1. The maximum absolute atomic E-state index is 12.4. The van der Waals surface area contributed by atoms with Crippen LogP contribution in [0.4, 0.5) is 11.4 Å². The molecule has 0 radical (unpaired) electrons. The predicted octanol–water partition coefficient (Wildman–Crippen LogP) is 4.41. The van der Waals surface area contributed by atoms with E-state index in [4.69, 9.17) is 21.3 Å². The van der Waals surface area contributed by atoms with Crippen LogP contribution in [-0.2, 0) is 16.1 Å². The second kappa shape index (κ2) is 9.29. The number of esters is 1. The normalized spacial score (nSPS) is 16.7. The number of carbonyl (C=O) groups is 2. The number of nitrogens with one attached hydrogen (secondary N) is 1. The highest BCUT2D eigenvalue weighted by Gasteiger charge is 2.32. The number of hydrogen-bond acceptors (Lipinski definition) is 7. The molecule has 7 nitrogen and oxygen atoms in total. The van der Waals surface area contributed by atoms with Crippen LogP contribution in [0.25, 0.3) is 10.2 Å². The van der Waals surface area contributed by atoms with Crippen LogP contribution in [0.5, 0.6) is 0 Å². The molecule has 2 aliphatic rings. The number of amides is 1. The molecule has 3 aromatic rings. The van der Waals surface area contributed by atoms with Crippen molar-refractivity contribution in [3.05, 3.63) is 52.0 Å². The Morgan fingerprint density at radius 3 is 2.61 bits per heavy atom. The topological polar surface area (TPSA) is 74.8 Å². The zero-order valence-corrected chi connectivity index (χ0v) is 19.9. The SMILES string of the molecule is COC(=O)c1sc2nc(CN3CCN(c4ccccc4Cl)CC3)ccc2c1NC(=O)C1CC1. The fourth-order valence-corrected chi connectivity index (χ4v) is 5.44. The molecule has 0 bridgehead atoms. The van der Waals surface area contributed by atoms with Crippen LogP contribution in [0.2, 0.25) is 5.02 Å². The van der Waals surface area contributed by atoms with Gasteiger partial charge in [-0.15, -0.1) is 11.3 Å². The van der Waals surface area contributed by atoms with Crippen molar-refractivity contribution in [2.45, 2.75) is 19.4 Å². The van der Waals surface area contributed by atoms with Crippen molar-refractivity contribution in [2.24, 2.45) is 5.92 Å². The Hall–Kier alpha value is -2.68. The Bertz CT molecular complexity index is 1200. The molecule has 5 rings (SSSR count). The van der Waals surface area contributed by atoms with Crippen molar-refractivity contribution in [3.8, 4) is 0 Å². The smallest absolute Gasteiger partial charge is 0.350 e. The van der Waals surface area contributed by atoms with Crippen molar-refractivity contribution in [2.75, 3.05) is 43.5 Å². The first-order valence-corrected chi connectivity index (χ1v) is 12.3. The van der Waals surface area contributed by atoms with E-state index >= 15 is 0 Å². The fourth-order valence-electron chi connectivity index (χ4n) is 4.12. The number of methoxy groups -OCH3 is 1. The molecule has 33 heavy (non-hydrogen) atoms. The number of pyridine rings is 1. The Kier molecular flexibility index (Phi) is 6.23. The molecule has 2 fully saturated rings. The summed E-state index contributed by atoms with van der Waals surface area (Å²) in [5.74, 6) is -0.455. The van der Waals surface area contributed by atoms with Gasteiger partial charge in [-0.05, 0) is 37.1 Å². The minimum absolute atomic E-state index is 0.0414. The minimum atomic E-state index is -0.457. The summed E-state index contributed by atoms with van der Waals surface area (Å²) in [6.45, 7) is 4.34. The summed E-state index contributed by atoms with van der Waals surface area (Å²) in [7, 11) is 1.35. The van der Waals surface area contributed by atoms with Gasteiger partial charge in [0, 0.05) is 44.0 Å². The van der Waals surface area contributed by atoms with Crippen LogP contribution in [0.15, 0.2) is 36.4 Å². The summed E-state index contributed by atoms with van der Waals surface area (Å²) < 4.78 is 4.94. The predicted molar refractivity (Wildman–Crippen MR) is 131 cm³/mol. The number of rotatable bonds is 6. The molecule has 0 spiro atoms. The number of ether oxygens (including phenoxy) is 1. The van der Waals surface area contributed by atoms with Gasteiger partial charge in [0.25, 0.3) is 0 Å². The Morgan fingerprint density at radius 1 is 1.15 bits per heavy atom. The number of nitrogens with zero attached hydrogens (tertiary/aromatic N) is 3. The second-order valence-corrected chi connectivity index (χ2v) is 9.84. The number of thiophene rings is 1. The molecule has 1 saturated heterocycles. The Balaban J connectivity index is 1.31. The summed E-state index contributed by atoms with van der Waals surface area (Å²) >= 11 is 7.62. The van der Waals surface area contributed by atoms with E-state index in [1.165, 1.54) is 18.4 Å². The van der Waals surface area contributed by atoms with Crippen LogP contribution in [0.1, 0.15) is 28.2 Å². The van der Waals surface area contributed by atoms with E-state index in [2.05, 4.69) is 21.2 Å². The Morgan fingerprint density at radius 2 is 1.91 bits per heavy atom. The molecule has 1 aromatic carbocycles.